The third-order valence-electron chi connectivity index (χ3n) is 2.50. The molecule has 0 fully saturated rings. The van der Waals surface area contributed by atoms with E-state index in [1.165, 1.54) is 12.3 Å². The quantitative estimate of drug-likeness (QED) is 0.875. The maximum atomic E-state index is 12.2. The lowest BCUT2D eigenvalue weighted by Crippen LogP contribution is -2.13. The van der Waals surface area contributed by atoms with Crippen molar-refractivity contribution in [2.24, 2.45) is 0 Å². The van der Waals surface area contributed by atoms with Crippen LogP contribution in [0.25, 0.3) is 10.8 Å². The van der Waals surface area contributed by atoms with Crippen LogP contribution in [0.1, 0.15) is 18.1 Å². The van der Waals surface area contributed by atoms with Crippen molar-refractivity contribution in [1.82, 2.24) is 4.98 Å². The number of fused-ring (bicyclic) bond motifs is 1. The van der Waals surface area contributed by atoms with Crippen LogP contribution in [0.15, 0.2) is 36.7 Å². The highest BCUT2D eigenvalue weighted by Gasteiger charge is 2.32. The van der Waals surface area contributed by atoms with E-state index in [1.54, 1.807) is 24.4 Å². The fourth-order valence-corrected chi connectivity index (χ4v) is 1.77. The van der Waals surface area contributed by atoms with Gasteiger partial charge >= 0.3 is 6.18 Å². The van der Waals surface area contributed by atoms with Crippen molar-refractivity contribution in [3.63, 3.8) is 0 Å². The van der Waals surface area contributed by atoms with Crippen molar-refractivity contribution in [2.45, 2.75) is 18.7 Å². The van der Waals surface area contributed by atoms with Crippen molar-refractivity contribution in [3.8, 4) is 0 Å². The molecule has 0 spiro atoms. The van der Waals surface area contributed by atoms with Crippen LogP contribution in [-0.2, 0) is 0 Å². The zero-order chi connectivity index (χ0) is 12.5. The summed E-state index contributed by atoms with van der Waals surface area (Å²) in [6.45, 7) is 0. The van der Waals surface area contributed by atoms with Crippen LogP contribution in [0, 0.1) is 0 Å². The predicted octanol–water partition coefficient (Wildman–Crippen LogP) is 3.22. The van der Waals surface area contributed by atoms with Crippen molar-refractivity contribution in [1.29, 1.82) is 0 Å². The molecule has 1 aromatic heterocycles. The number of hydrogen-bond acceptors (Lipinski definition) is 2. The van der Waals surface area contributed by atoms with Gasteiger partial charge in [0.15, 0.2) is 0 Å². The molecule has 1 N–H and O–H groups in total. The summed E-state index contributed by atoms with van der Waals surface area (Å²) in [4.78, 5) is 3.88. The molecule has 2 rings (SSSR count). The van der Waals surface area contributed by atoms with Gasteiger partial charge < -0.3 is 5.11 Å². The van der Waals surface area contributed by atoms with Gasteiger partial charge in [0.05, 0.1) is 12.5 Å². The Bertz CT molecular complexity index is 519. The lowest BCUT2D eigenvalue weighted by Gasteiger charge is -2.15. The minimum atomic E-state index is -4.38. The summed E-state index contributed by atoms with van der Waals surface area (Å²) in [5.41, 5.74) is 0.280. The molecule has 1 heterocycles. The minimum Gasteiger partial charge on any atom is -0.388 e. The van der Waals surface area contributed by atoms with E-state index in [4.69, 9.17) is 0 Å². The van der Waals surface area contributed by atoms with Crippen molar-refractivity contribution < 1.29 is 18.3 Å². The predicted molar refractivity (Wildman–Crippen MR) is 57.4 cm³/mol. The van der Waals surface area contributed by atoms with Crippen LogP contribution in [0.2, 0.25) is 0 Å². The van der Waals surface area contributed by atoms with Crippen LogP contribution in [0.5, 0.6) is 0 Å². The number of aromatic nitrogens is 1. The first-order valence-corrected chi connectivity index (χ1v) is 5.05. The first kappa shape index (κ1) is 11.9. The molecule has 17 heavy (non-hydrogen) atoms. The summed E-state index contributed by atoms with van der Waals surface area (Å²) in [6.07, 6.45) is -4.12. The molecule has 90 valence electrons. The van der Waals surface area contributed by atoms with Gasteiger partial charge in [-0.05, 0) is 17.0 Å². The Morgan fingerprint density at radius 3 is 2.71 bits per heavy atom. The van der Waals surface area contributed by atoms with E-state index in [9.17, 15) is 18.3 Å². The van der Waals surface area contributed by atoms with Gasteiger partial charge in [0, 0.05) is 17.8 Å². The average molecular weight is 241 g/mol. The Morgan fingerprint density at radius 2 is 2.00 bits per heavy atom. The van der Waals surface area contributed by atoms with Gasteiger partial charge in [0.2, 0.25) is 0 Å². The number of pyridine rings is 1. The van der Waals surface area contributed by atoms with Crippen molar-refractivity contribution >= 4 is 10.8 Å². The van der Waals surface area contributed by atoms with Crippen molar-refractivity contribution in [3.05, 3.63) is 42.2 Å². The zero-order valence-corrected chi connectivity index (χ0v) is 8.78. The molecular formula is C12H10F3NO. The lowest BCUT2D eigenvalue weighted by atomic mass is 10.00. The van der Waals surface area contributed by atoms with Gasteiger partial charge in [-0.1, -0.05) is 18.2 Å². The summed E-state index contributed by atoms with van der Waals surface area (Å²) in [7, 11) is 0. The second-order valence-corrected chi connectivity index (χ2v) is 3.78. The van der Waals surface area contributed by atoms with E-state index < -0.39 is 18.7 Å². The molecule has 0 aliphatic heterocycles. The van der Waals surface area contributed by atoms with Crippen LogP contribution in [-0.4, -0.2) is 16.3 Å². The highest BCUT2D eigenvalue weighted by molar-refractivity contribution is 5.85. The van der Waals surface area contributed by atoms with Crippen LogP contribution < -0.4 is 0 Å². The molecular weight excluding hydrogens is 231 g/mol. The SMILES string of the molecule is OC(CC(F)(F)F)c1cccc2cnccc12. The number of alkyl halides is 3. The average Bonchev–Trinajstić information content (AvgIpc) is 2.26. The Morgan fingerprint density at radius 1 is 1.24 bits per heavy atom. The van der Waals surface area contributed by atoms with Gasteiger partial charge in [-0.2, -0.15) is 13.2 Å². The molecule has 0 bridgehead atoms. The van der Waals surface area contributed by atoms with E-state index in [1.807, 2.05) is 0 Å². The molecule has 1 unspecified atom stereocenters. The van der Waals surface area contributed by atoms with Gasteiger partial charge in [0.25, 0.3) is 0 Å². The monoisotopic (exact) mass is 241 g/mol. The molecule has 0 saturated heterocycles. The normalized spacial score (nSPS) is 13.9. The molecule has 0 saturated carbocycles. The number of aliphatic hydroxyl groups is 1. The van der Waals surface area contributed by atoms with E-state index in [2.05, 4.69) is 4.98 Å². The first-order chi connectivity index (χ1) is 7.97. The third kappa shape index (κ3) is 2.74. The molecule has 1 aromatic carbocycles. The highest BCUT2D eigenvalue weighted by Crippen LogP contribution is 2.32. The van der Waals surface area contributed by atoms with E-state index >= 15 is 0 Å². The molecule has 1 atom stereocenters. The molecule has 0 amide bonds. The van der Waals surface area contributed by atoms with E-state index in [0.717, 1.165) is 0 Å². The number of aliphatic hydroxyl groups excluding tert-OH is 1. The van der Waals surface area contributed by atoms with Gasteiger partial charge in [-0.15, -0.1) is 0 Å². The van der Waals surface area contributed by atoms with E-state index in [-0.39, 0.29) is 5.56 Å². The standard InChI is InChI=1S/C12H10F3NO/c13-12(14,15)6-11(17)10-3-1-2-8-7-16-5-4-9(8)10/h1-5,7,11,17H,6H2. The maximum absolute atomic E-state index is 12.2. The summed E-state index contributed by atoms with van der Waals surface area (Å²) in [5, 5.41) is 10.9. The Balaban J connectivity index is 2.41. The van der Waals surface area contributed by atoms with Crippen molar-refractivity contribution in [2.75, 3.05) is 0 Å². The maximum Gasteiger partial charge on any atom is 0.391 e. The third-order valence-corrected chi connectivity index (χ3v) is 2.50. The van der Waals surface area contributed by atoms with Gasteiger partial charge in [0.1, 0.15) is 0 Å². The summed E-state index contributed by atoms with van der Waals surface area (Å²) in [6, 6.07) is 6.45. The smallest absolute Gasteiger partial charge is 0.388 e. The van der Waals surface area contributed by atoms with Crippen LogP contribution >= 0.6 is 0 Å². The largest absolute Gasteiger partial charge is 0.391 e. The number of hydrogen-bond donors (Lipinski definition) is 1. The molecule has 0 radical (unpaired) electrons. The van der Waals surface area contributed by atoms with Gasteiger partial charge in [-0.3, -0.25) is 4.98 Å². The second-order valence-electron chi connectivity index (χ2n) is 3.78. The molecule has 2 nitrogen and oxygen atoms in total. The van der Waals surface area contributed by atoms with Crippen LogP contribution in [0.4, 0.5) is 13.2 Å². The lowest BCUT2D eigenvalue weighted by molar-refractivity contribution is -0.154. The zero-order valence-electron chi connectivity index (χ0n) is 8.78. The summed E-state index contributed by atoms with van der Waals surface area (Å²) >= 11 is 0. The fourth-order valence-electron chi connectivity index (χ4n) is 1.77. The Kier molecular flexibility index (Phi) is 3.02. The first-order valence-electron chi connectivity index (χ1n) is 5.05. The number of nitrogens with zero attached hydrogens (tertiary/aromatic N) is 1. The molecule has 0 aliphatic rings. The molecule has 0 aliphatic carbocycles. The Labute approximate surface area is 95.7 Å². The highest BCUT2D eigenvalue weighted by atomic mass is 19.4. The summed E-state index contributed by atoms with van der Waals surface area (Å²) < 4.78 is 36.7. The number of halogens is 3. The molecule has 2 aromatic rings. The fraction of sp³-hybridized carbons (Fsp3) is 0.250. The number of rotatable bonds is 2. The van der Waals surface area contributed by atoms with Crippen LogP contribution in [0.3, 0.4) is 0 Å². The number of benzene rings is 1. The minimum absolute atomic E-state index is 0.280. The van der Waals surface area contributed by atoms with E-state index in [0.29, 0.717) is 10.8 Å². The Hall–Kier alpha value is -1.62. The molecule has 5 heteroatoms. The summed E-state index contributed by atoms with van der Waals surface area (Å²) in [5.74, 6) is 0. The van der Waals surface area contributed by atoms with Gasteiger partial charge in [-0.25, -0.2) is 0 Å². The topological polar surface area (TPSA) is 33.1 Å². The second kappa shape index (κ2) is 4.33.